The summed E-state index contributed by atoms with van der Waals surface area (Å²) in [7, 11) is 1.69. The Morgan fingerprint density at radius 3 is 2.79 bits per heavy atom. The summed E-state index contributed by atoms with van der Waals surface area (Å²) >= 11 is 0. The van der Waals surface area contributed by atoms with E-state index >= 15 is 0 Å². The van der Waals surface area contributed by atoms with Crippen molar-refractivity contribution in [3.63, 3.8) is 0 Å². The minimum atomic E-state index is -0.378. The summed E-state index contributed by atoms with van der Waals surface area (Å²) in [5.41, 5.74) is 0.491. The van der Waals surface area contributed by atoms with Gasteiger partial charge in [-0.15, -0.1) is 5.10 Å². The fourth-order valence-electron chi connectivity index (χ4n) is 1.26. The van der Waals surface area contributed by atoms with Crippen molar-refractivity contribution in [3.05, 3.63) is 11.9 Å². The maximum absolute atomic E-state index is 11.8. The summed E-state index contributed by atoms with van der Waals surface area (Å²) in [6.45, 7) is 4.33. The zero-order valence-corrected chi connectivity index (χ0v) is 8.73. The normalized spacial score (nSPS) is 12.8. The van der Waals surface area contributed by atoms with Crippen LogP contribution in [-0.2, 0) is 11.8 Å². The molecule has 1 rings (SSSR count). The van der Waals surface area contributed by atoms with Crippen LogP contribution in [0.1, 0.15) is 30.8 Å². The number of aryl methyl sites for hydroxylation is 1. The van der Waals surface area contributed by atoms with E-state index in [1.807, 2.05) is 13.8 Å². The fraction of sp³-hybridized carbons (Fsp3) is 0.667. The largest absolute Gasteiger partial charge is 0.370 e. The molecule has 1 aromatic rings. The second kappa shape index (κ2) is 4.85. The molecule has 0 saturated carbocycles. The third kappa shape index (κ3) is 2.17. The van der Waals surface area contributed by atoms with Gasteiger partial charge in [-0.3, -0.25) is 4.79 Å². The molecule has 0 saturated heterocycles. The van der Waals surface area contributed by atoms with Crippen molar-refractivity contribution in [1.82, 2.24) is 15.0 Å². The topological polar surface area (TPSA) is 57.0 Å². The average Bonchev–Trinajstić information content (AvgIpc) is 2.59. The number of aromatic nitrogens is 3. The number of carbonyl (C=O) groups excluding carboxylic acids is 1. The molecule has 0 N–H and O–H groups in total. The lowest BCUT2D eigenvalue weighted by molar-refractivity contribution is 0.0435. The SMILES string of the molecule is CCOC(CC)C(=O)c1cnnn1C. The quantitative estimate of drug-likeness (QED) is 0.655. The number of ketones is 1. The van der Waals surface area contributed by atoms with E-state index in [4.69, 9.17) is 4.74 Å². The van der Waals surface area contributed by atoms with E-state index in [2.05, 4.69) is 10.3 Å². The zero-order valence-electron chi connectivity index (χ0n) is 8.73. The lowest BCUT2D eigenvalue weighted by atomic mass is 10.1. The van der Waals surface area contributed by atoms with Crippen LogP contribution in [0.15, 0.2) is 6.20 Å². The molecule has 5 nitrogen and oxygen atoms in total. The number of hydrogen-bond donors (Lipinski definition) is 0. The van der Waals surface area contributed by atoms with E-state index < -0.39 is 0 Å². The van der Waals surface area contributed by atoms with Crippen LogP contribution in [0.3, 0.4) is 0 Å². The minimum Gasteiger partial charge on any atom is -0.370 e. The molecule has 0 spiro atoms. The van der Waals surface area contributed by atoms with E-state index in [9.17, 15) is 4.79 Å². The van der Waals surface area contributed by atoms with Gasteiger partial charge < -0.3 is 4.74 Å². The summed E-state index contributed by atoms with van der Waals surface area (Å²) in [5.74, 6) is -0.0538. The van der Waals surface area contributed by atoms with E-state index in [1.54, 1.807) is 7.05 Å². The molecule has 1 heterocycles. The molecule has 0 aliphatic carbocycles. The average molecular weight is 197 g/mol. The van der Waals surface area contributed by atoms with Gasteiger partial charge in [0.2, 0.25) is 5.78 Å². The number of ether oxygens (including phenoxy) is 1. The first-order valence-corrected chi connectivity index (χ1v) is 4.71. The highest BCUT2D eigenvalue weighted by Crippen LogP contribution is 2.07. The highest BCUT2D eigenvalue weighted by molar-refractivity contribution is 5.97. The Morgan fingerprint density at radius 2 is 2.36 bits per heavy atom. The Bertz CT molecular complexity index is 309. The maximum Gasteiger partial charge on any atom is 0.211 e. The van der Waals surface area contributed by atoms with Gasteiger partial charge in [-0.05, 0) is 13.3 Å². The van der Waals surface area contributed by atoms with Gasteiger partial charge in [0.25, 0.3) is 0 Å². The molecule has 78 valence electrons. The van der Waals surface area contributed by atoms with Crippen molar-refractivity contribution in [2.24, 2.45) is 7.05 Å². The third-order valence-electron chi connectivity index (χ3n) is 2.00. The van der Waals surface area contributed by atoms with Crippen LogP contribution in [0.4, 0.5) is 0 Å². The number of Topliss-reactive ketones (excluding diaryl/α,β-unsaturated/α-hetero) is 1. The van der Waals surface area contributed by atoms with Gasteiger partial charge in [-0.25, -0.2) is 4.68 Å². The molecule has 0 aromatic carbocycles. The van der Waals surface area contributed by atoms with Crippen LogP contribution in [0, 0.1) is 0 Å². The summed E-state index contributed by atoms with van der Waals surface area (Å²) in [5, 5.41) is 7.36. The Hall–Kier alpha value is -1.23. The van der Waals surface area contributed by atoms with Crippen molar-refractivity contribution < 1.29 is 9.53 Å². The molecule has 0 aliphatic heterocycles. The van der Waals surface area contributed by atoms with Crippen LogP contribution in [0.2, 0.25) is 0 Å². The lowest BCUT2D eigenvalue weighted by Gasteiger charge is -2.12. The summed E-state index contributed by atoms with van der Waals surface area (Å²) in [6.07, 6.45) is 1.75. The molecule has 1 aromatic heterocycles. The predicted octanol–water partition coefficient (Wildman–Crippen LogP) is 0.813. The van der Waals surface area contributed by atoms with Crippen LogP contribution in [-0.4, -0.2) is 33.5 Å². The van der Waals surface area contributed by atoms with Gasteiger partial charge in [-0.1, -0.05) is 12.1 Å². The summed E-state index contributed by atoms with van der Waals surface area (Å²) in [6, 6.07) is 0. The number of hydrogen-bond acceptors (Lipinski definition) is 4. The van der Waals surface area contributed by atoms with E-state index in [0.717, 1.165) is 0 Å². The summed E-state index contributed by atoms with van der Waals surface area (Å²) < 4.78 is 6.78. The molecule has 0 amide bonds. The molecule has 5 heteroatoms. The lowest BCUT2D eigenvalue weighted by Crippen LogP contribution is -2.25. The third-order valence-corrected chi connectivity index (χ3v) is 2.00. The predicted molar refractivity (Wildman–Crippen MR) is 51.0 cm³/mol. The van der Waals surface area contributed by atoms with E-state index in [0.29, 0.717) is 18.7 Å². The van der Waals surface area contributed by atoms with Crippen molar-refractivity contribution in [2.45, 2.75) is 26.4 Å². The Kier molecular flexibility index (Phi) is 3.76. The Labute approximate surface area is 83.1 Å². The van der Waals surface area contributed by atoms with E-state index in [1.165, 1.54) is 10.9 Å². The van der Waals surface area contributed by atoms with Crippen molar-refractivity contribution >= 4 is 5.78 Å². The van der Waals surface area contributed by atoms with Crippen LogP contribution in [0.25, 0.3) is 0 Å². The molecule has 0 aliphatic rings. The fourth-order valence-corrected chi connectivity index (χ4v) is 1.26. The summed E-state index contributed by atoms with van der Waals surface area (Å²) in [4.78, 5) is 11.8. The second-order valence-corrected chi connectivity index (χ2v) is 2.96. The van der Waals surface area contributed by atoms with Gasteiger partial charge in [-0.2, -0.15) is 0 Å². The smallest absolute Gasteiger partial charge is 0.211 e. The Morgan fingerprint density at radius 1 is 1.64 bits per heavy atom. The van der Waals surface area contributed by atoms with Crippen LogP contribution >= 0.6 is 0 Å². The standard InChI is InChI=1S/C9H15N3O2/c1-4-8(14-5-2)9(13)7-6-10-11-12(7)3/h6,8H,4-5H2,1-3H3. The Balaban J connectivity index is 2.78. The van der Waals surface area contributed by atoms with Gasteiger partial charge in [0, 0.05) is 13.7 Å². The van der Waals surface area contributed by atoms with Crippen molar-refractivity contribution in [1.29, 1.82) is 0 Å². The molecule has 1 unspecified atom stereocenters. The number of rotatable bonds is 5. The highest BCUT2D eigenvalue weighted by atomic mass is 16.5. The van der Waals surface area contributed by atoms with Crippen molar-refractivity contribution in [3.8, 4) is 0 Å². The van der Waals surface area contributed by atoms with Crippen LogP contribution < -0.4 is 0 Å². The van der Waals surface area contributed by atoms with Crippen molar-refractivity contribution in [2.75, 3.05) is 6.61 Å². The molecule has 0 fully saturated rings. The van der Waals surface area contributed by atoms with Gasteiger partial charge in [0.05, 0.1) is 6.20 Å². The van der Waals surface area contributed by atoms with Gasteiger partial charge in [0.15, 0.2) is 0 Å². The highest BCUT2D eigenvalue weighted by Gasteiger charge is 2.21. The minimum absolute atomic E-state index is 0.0538. The van der Waals surface area contributed by atoms with Gasteiger partial charge in [0.1, 0.15) is 11.8 Å². The first-order chi connectivity index (χ1) is 6.70. The van der Waals surface area contributed by atoms with Gasteiger partial charge >= 0.3 is 0 Å². The molecule has 14 heavy (non-hydrogen) atoms. The molecule has 1 atom stereocenters. The first kappa shape index (κ1) is 10.8. The zero-order chi connectivity index (χ0) is 10.6. The second-order valence-electron chi connectivity index (χ2n) is 2.96. The molecular formula is C9H15N3O2. The molecular weight excluding hydrogens is 182 g/mol. The monoisotopic (exact) mass is 197 g/mol. The molecule has 0 radical (unpaired) electrons. The van der Waals surface area contributed by atoms with E-state index in [-0.39, 0.29) is 11.9 Å². The first-order valence-electron chi connectivity index (χ1n) is 4.71. The molecule has 0 bridgehead atoms. The van der Waals surface area contributed by atoms with Crippen LogP contribution in [0.5, 0.6) is 0 Å². The number of carbonyl (C=O) groups is 1. The maximum atomic E-state index is 11.8. The number of nitrogens with zero attached hydrogens (tertiary/aromatic N) is 3.